The first kappa shape index (κ1) is 23.2. The van der Waals surface area contributed by atoms with Crippen molar-refractivity contribution in [2.75, 3.05) is 0 Å². The third kappa shape index (κ3) is 814. The van der Waals surface area contributed by atoms with Crippen molar-refractivity contribution in [3.8, 4) is 0 Å². The van der Waals surface area contributed by atoms with Crippen molar-refractivity contribution in [3.05, 3.63) is 0 Å². The first-order valence-corrected chi connectivity index (χ1v) is 4.40. The molecule has 0 aromatic carbocycles. The fourth-order valence-electron chi connectivity index (χ4n) is 0. The Bertz CT molecular complexity index is 158. The van der Waals surface area contributed by atoms with Crippen LogP contribution in [0.2, 0.25) is 0 Å². The van der Waals surface area contributed by atoms with Crippen molar-refractivity contribution < 1.29 is 36.0 Å². The van der Waals surface area contributed by atoms with Crippen molar-refractivity contribution in [1.29, 1.82) is 0 Å². The summed E-state index contributed by atoms with van der Waals surface area (Å²) in [5, 5.41) is 0. The Balaban J connectivity index is -0.0000000457. The molecular weight excluding hydrogens is 242 g/mol. The topological polar surface area (TPSA) is 149 Å². The monoisotopic (exact) mass is 242 g/mol. The molecule has 0 spiro atoms. The van der Waals surface area contributed by atoms with E-state index in [0.29, 0.717) is 0 Å². The van der Waals surface area contributed by atoms with E-state index >= 15 is 0 Å². The molecule has 0 aliphatic heterocycles. The number of hydrogen-bond donors (Lipinski definition) is 0. The zero-order valence-corrected chi connectivity index (χ0v) is 9.81. The number of halogens is 1. The van der Waals surface area contributed by atoms with Gasteiger partial charge in [0, 0.05) is 10.4 Å². The molecule has 12 heteroatoms. The van der Waals surface area contributed by atoms with E-state index in [4.69, 9.17) is 31.9 Å². The van der Waals surface area contributed by atoms with Gasteiger partial charge in [0.1, 0.15) is 0 Å². The van der Waals surface area contributed by atoms with E-state index in [1.807, 2.05) is 0 Å². The van der Waals surface area contributed by atoms with Gasteiger partial charge in [0.15, 0.2) is 0 Å². The van der Waals surface area contributed by atoms with E-state index < -0.39 is 19.5 Å². The van der Waals surface area contributed by atoms with Crippen LogP contribution in [0.4, 0.5) is 4.11 Å². The molecule has 0 amide bonds. The van der Waals surface area contributed by atoms with Gasteiger partial charge in [0.25, 0.3) is 0 Å². The van der Waals surface area contributed by atoms with Crippen LogP contribution < -0.4 is 14.4 Å². The van der Waals surface area contributed by atoms with Gasteiger partial charge in [-0.2, -0.15) is 0 Å². The standard InChI is InChI=1S/Al.FO3Si.Mg.H2O4S/c;1-5(2,3)4;;1-5(2,3)4/h;;;(H2,1,2,3,4)/q+3;-3;+2;/p-2. The van der Waals surface area contributed by atoms with Crippen LogP contribution in [0.15, 0.2) is 0 Å². The van der Waals surface area contributed by atoms with Crippen molar-refractivity contribution in [2.24, 2.45) is 0 Å². The van der Waals surface area contributed by atoms with E-state index in [2.05, 4.69) is 0 Å². The minimum Gasteiger partial charge on any atom is -0.857 e. The minimum absolute atomic E-state index is 0. The fourth-order valence-corrected chi connectivity index (χ4v) is 0. The van der Waals surface area contributed by atoms with E-state index in [0.717, 1.165) is 0 Å². The molecule has 0 aromatic heterocycles. The summed E-state index contributed by atoms with van der Waals surface area (Å²) >= 11 is 0. The zero-order valence-electron chi connectivity index (χ0n) is 5.43. The largest absolute Gasteiger partial charge is 3.00 e. The second-order valence-electron chi connectivity index (χ2n) is 0.890. The first-order valence-electron chi connectivity index (χ1n) is 1.47. The Morgan fingerprint density at radius 3 is 1.08 bits per heavy atom. The van der Waals surface area contributed by atoms with Gasteiger partial charge in [-0.05, 0) is 0 Å². The Morgan fingerprint density at radius 2 is 1.08 bits per heavy atom. The predicted molar refractivity (Wildman–Crippen MR) is 28.8 cm³/mol. The summed E-state index contributed by atoms with van der Waals surface area (Å²) in [6, 6.07) is 0. The van der Waals surface area contributed by atoms with E-state index in [1.165, 1.54) is 0 Å². The van der Waals surface area contributed by atoms with E-state index in [9.17, 15) is 4.11 Å². The summed E-state index contributed by atoms with van der Waals surface area (Å²) in [5.74, 6) is 0. The molecule has 64 valence electrons. The molecule has 0 fully saturated rings. The van der Waals surface area contributed by atoms with Crippen LogP contribution in [0.1, 0.15) is 0 Å². The molecule has 0 rings (SSSR count). The van der Waals surface area contributed by atoms with E-state index in [-0.39, 0.29) is 40.4 Å². The van der Waals surface area contributed by atoms with Crippen molar-refractivity contribution in [1.82, 2.24) is 0 Å². The summed E-state index contributed by atoms with van der Waals surface area (Å²) < 4.78 is 44.2. The minimum atomic E-state index is -5.86. The Kier molecular flexibility index (Phi) is 17.0. The molecule has 0 saturated heterocycles. The van der Waals surface area contributed by atoms with Crippen LogP contribution in [0, 0.1) is 0 Å². The molecule has 0 aromatic rings. The zero-order chi connectivity index (χ0) is 9.00. The van der Waals surface area contributed by atoms with Crippen LogP contribution in [0.25, 0.3) is 0 Å². The Hall–Kier alpha value is 1.20. The molecule has 0 saturated carbocycles. The maximum absolute atomic E-state index is 10.2. The van der Waals surface area contributed by atoms with Gasteiger partial charge in [0.05, 0.1) is 0 Å². The second kappa shape index (κ2) is 8.78. The Morgan fingerprint density at radius 1 is 1.08 bits per heavy atom. The molecule has 0 unspecified atom stereocenters. The number of rotatable bonds is 0. The molecule has 0 N–H and O–H groups in total. The third-order valence-corrected chi connectivity index (χ3v) is 0. The molecule has 0 aliphatic carbocycles. The van der Waals surface area contributed by atoms with Crippen LogP contribution in [-0.4, -0.2) is 67.1 Å². The number of hydrogen-bond acceptors (Lipinski definition) is 7. The third-order valence-electron chi connectivity index (χ3n) is 0. The summed E-state index contributed by atoms with van der Waals surface area (Å²) in [4.78, 5) is 25.4. The van der Waals surface area contributed by atoms with Gasteiger partial charge >= 0.3 is 40.4 Å². The van der Waals surface area contributed by atoms with Crippen LogP contribution >= 0.6 is 0 Å². The summed E-state index contributed by atoms with van der Waals surface area (Å²) in [6.45, 7) is 0. The maximum Gasteiger partial charge on any atom is 3.00 e. The van der Waals surface area contributed by atoms with Gasteiger partial charge in [-0.3, -0.25) is 8.42 Å². The smallest absolute Gasteiger partial charge is 0.857 e. The molecule has 7 nitrogen and oxygen atoms in total. The molecule has 0 heterocycles. The molecule has 0 aliphatic rings. The predicted octanol–water partition coefficient (Wildman–Crippen LogP) is -5.63. The van der Waals surface area contributed by atoms with E-state index in [1.54, 1.807) is 0 Å². The average molecular weight is 242 g/mol. The van der Waals surface area contributed by atoms with Crippen molar-refractivity contribution in [3.63, 3.8) is 0 Å². The van der Waals surface area contributed by atoms with Crippen LogP contribution in [-0.2, 0) is 10.4 Å². The average Bonchev–Trinajstić information content (AvgIpc) is 1.12. The van der Waals surface area contributed by atoms with Crippen LogP contribution in [0.3, 0.4) is 0 Å². The quantitative estimate of drug-likeness (QED) is 0.178. The van der Waals surface area contributed by atoms with Gasteiger partial charge in [-0.1, -0.05) is 9.14 Å². The molecule has 12 heavy (non-hydrogen) atoms. The van der Waals surface area contributed by atoms with Gasteiger partial charge < -0.3 is 27.6 Å². The maximum atomic E-state index is 10.2. The van der Waals surface area contributed by atoms with Crippen LogP contribution in [0.5, 0.6) is 0 Å². The SMILES string of the molecule is O=S(=O)([O-])[O-].[Al+3].[Mg+2].[O-][Si]([O-])([O-])F. The molecule has 0 radical (unpaired) electrons. The summed E-state index contributed by atoms with van der Waals surface area (Å²) in [5.41, 5.74) is 0. The molecule has 0 bridgehead atoms. The summed E-state index contributed by atoms with van der Waals surface area (Å²) in [7, 11) is -11.0. The van der Waals surface area contributed by atoms with Crippen molar-refractivity contribution in [2.45, 2.75) is 0 Å². The van der Waals surface area contributed by atoms with Crippen molar-refractivity contribution >= 4 is 60.0 Å². The van der Waals surface area contributed by atoms with Gasteiger partial charge in [-0.15, -0.1) is 0 Å². The van der Waals surface area contributed by atoms with Gasteiger partial charge in [0.2, 0.25) is 0 Å². The first-order chi connectivity index (χ1) is 4.00. The fraction of sp³-hybridized carbons (Fsp3) is 0. The molecular formula is AlFMgO7SSi. The summed E-state index contributed by atoms with van der Waals surface area (Å²) in [6.07, 6.45) is 0. The normalized spacial score (nSPS) is 9.83. The Labute approximate surface area is 95.6 Å². The van der Waals surface area contributed by atoms with Gasteiger partial charge in [-0.25, -0.2) is 0 Å². The second-order valence-corrected chi connectivity index (χ2v) is 2.67. The molecule has 0 atom stereocenters.